The van der Waals surface area contributed by atoms with Gasteiger partial charge in [0.15, 0.2) is 0 Å². The number of rotatable bonds is 3. The molecule has 1 atom stereocenters. The van der Waals surface area contributed by atoms with E-state index in [9.17, 15) is 5.11 Å². The Hall–Kier alpha value is -0.440. The van der Waals surface area contributed by atoms with Gasteiger partial charge in [-0.25, -0.2) is 0 Å². The first-order valence-electron chi connectivity index (χ1n) is 4.74. The molecule has 86 valence electrons. The van der Waals surface area contributed by atoms with Gasteiger partial charge < -0.3 is 10.8 Å². The molecule has 0 spiro atoms. The molecule has 3 N–H and O–H groups in total. The predicted molar refractivity (Wildman–Crippen MR) is 66.7 cm³/mol. The van der Waals surface area contributed by atoms with Gasteiger partial charge in [-0.05, 0) is 30.0 Å². The maximum absolute atomic E-state index is 9.23. The second-order valence-electron chi connectivity index (χ2n) is 3.95. The third kappa shape index (κ3) is 4.29. The van der Waals surface area contributed by atoms with Gasteiger partial charge in [0.05, 0.1) is 5.02 Å². The molecule has 0 aliphatic carbocycles. The van der Waals surface area contributed by atoms with E-state index < -0.39 is 0 Å². The Morgan fingerprint density at radius 1 is 1.40 bits per heavy atom. The Morgan fingerprint density at radius 2 is 2.00 bits per heavy atom. The topological polar surface area (TPSA) is 46.2 Å². The summed E-state index contributed by atoms with van der Waals surface area (Å²) in [7, 11) is 0. The number of hydrogen-bond acceptors (Lipinski definition) is 2. The van der Waals surface area contributed by atoms with Crippen molar-refractivity contribution in [2.24, 2.45) is 11.7 Å². The molecule has 1 rings (SSSR count). The van der Waals surface area contributed by atoms with Crippen LogP contribution in [-0.4, -0.2) is 5.11 Å². The minimum atomic E-state index is -0.00639. The van der Waals surface area contributed by atoms with Gasteiger partial charge in [-0.3, -0.25) is 0 Å². The van der Waals surface area contributed by atoms with Crippen molar-refractivity contribution in [3.05, 3.63) is 28.8 Å². The quantitative estimate of drug-likeness (QED) is 0.862. The summed E-state index contributed by atoms with van der Waals surface area (Å²) in [6.45, 7) is 4.25. The average molecular weight is 250 g/mol. The Morgan fingerprint density at radius 3 is 2.47 bits per heavy atom. The number of nitrogens with two attached hydrogens (primary N) is 1. The molecule has 15 heavy (non-hydrogen) atoms. The zero-order chi connectivity index (χ0) is 10.7. The minimum Gasteiger partial charge on any atom is -0.506 e. The van der Waals surface area contributed by atoms with E-state index in [0.29, 0.717) is 10.9 Å². The van der Waals surface area contributed by atoms with Crippen molar-refractivity contribution in [2.75, 3.05) is 0 Å². The normalized spacial score (nSPS) is 12.3. The lowest BCUT2D eigenvalue weighted by atomic mass is 9.98. The molecule has 0 aliphatic heterocycles. The van der Waals surface area contributed by atoms with Gasteiger partial charge in [0.25, 0.3) is 0 Å². The monoisotopic (exact) mass is 249 g/mol. The lowest BCUT2D eigenvalue weighted by Crippen LogP contribution is -2.12. The second kappa shape index (κ2) is 6.21. The number of benzene rings is 1. The summed E-state index contributed by atoms with van der Waals surface area (Å²) in [4.78, 5) is 0. The molecule has 0 heterocycles. The molecule has 1 aromatic rings. The van der Waals surface area contributed by atoms with E-state index in [-0.39, 0.29) is 24.2 Å². The van der Waals surface area contributed by atoms with Crippen LogP contribution in [0.25, 0.3) is 0 Å². The summed E-state index contributed by atoms with van der Waals surface area (Å²) in [6, 6.07) is 5.11. The maximum atomic E-state index is 9.23. The summed E-state index contributed by atoms with van der Waals surface area (Å²) < 4.78 is 0. The van der Waals surface area contributed by atoms with E-state index in [1.807, 2.05) is 6.07 Å². The van der Waals surface area contributed by atoms with Crippen molar-refractivity contribution < 1.29 is 5.11 Å². The molecule has 1 aromatic carbocycles. The highest BCUT2D eigenvalue weighted by Crippen LogP contribution is 2.27. The number of aromatic hydroxyl groups is 1. The lowest BCUT2D eigenvalue weighted by molar-refractivity contribution is 0.473. The van der Waals surface area contributed by atoms with Crippen LogP contribution in [0.2, 0.25) is 5.02 Å². The third-order valence-corrected chi connectivity index (χ3v) is 2.43. The van der Waals surface area contributed by atoms with Gasteiger partial charge in [0, 0.05) is 6.04 Å². The molecule has 0 saturated carbocycles. The first-order valence-corrected chi connectivity index (χ1v) is 5.12. The zero-order valence-electron chi connectivity index (χ0n) is 8.90. The van der Waals surface area contributed by atoms with Gasteiger partial charge in [0.2, 0.25) is 0 Å². The fourth-order valence-electron chi connectivity index (χ4n) is 1.40. The molecule has 0 fully saturated rings. The van der Waals surface area contributed by atoms with Crippen LogP contribution in [0, 0.1) is 5.92 Å². The van der Waals surface area contributed by atoms with Crippen LogP contribution in [0.1, 0.15) is 31.9 Å². The van der Waals surface area contributed by atoms with Crippen LogP contribution in [0.5, 0.6) is 5.75 Å². The van der Waals surface area contributed by atoms with Gasteiger partial charge in [0.1, 0.15) is 5.75 Å². The second-order valence-corrected chi connectivity index (χ2v) is 4.35. The Balaban J connectivity index is 0.00000196. The van der Waals surface area contributed by atoms with E-state index in [0.717, 1.165) is 12.0 Å². The van der Waals surface area contributed by atoms with Gasteiger partial charge >= 0.3 is 0 Å². The number of hydrogen-bond donors (Lipinski definition) is 2. The number of phenols is 1. The Bertz CT molecular complexity index is 315. The van der Waals surface area contributed by atoms with Gasteiger partial charge in [-0.1, -0.05) is 31.5 Å². The van der Waals surface area contributed by atoms with E-state index in [4.69, 9.17) is 17.3 Å². The third-order valence-electron chi connectivity index (χ3n) is 2.13. The smallest absolute Gasteiger partial charge is 0.134 e. The highest BCUT2D eigenvalue weighted by Gasteiger charge is 2.09. The fraction of sp³-hybridized carbons (Fsp3) is 0.455. The molecule has 0 aromatic heterocycles. The van der Waals surface area contributed by atoms with Crippen LogP contribution in [0.15, 0.2) is 18.2 Å². The van der Waals surface area contributed by atoms with Crippen LogP contribution < -0.4 is 5.73 Å². The predicted octanol–water partition coefficient (Wildman–Crippen LogP) is 3.51. The maximum Gasteiger partial charge on any atom is 0.134 e. The minimum absolute atomic E-state index is 0. The summed E-state index contributed by atoms with van der Waals surface area (Å²) in [5.74, 6) is 0.657. The van der Waals surface area contributed by atoms with Crippen LogP contribution in [0.3, 0.4) is 0 Å². The van der Waals surface area contributed by atoms with Crippen molar-refractivity contribution >= 4 is 24.0 Å². The molecule has 0 radical (unpaired) electrons. The SMILES string of the molecule is CC(C)C[C@@H](N)c1ccc(O)c(Cl)c1.Cl. The fourth-order valence-corrected chi connectivity index (χ4v) is 1.59. The van der Waals surface area contributed by atoms with Gasteiger partial charge in [-0.2, -0.15) is 0 Å². The van der Waals surface area contributed by atoms with E-state index >= 15 is 0 Å². The molecule has 0 amide bonds. The number of phenolic OH excluding ortho intramolecular Hbond substituents is 1. The van der Waals surface area contributed by atoms with Crippen LogP contribution in [-0.2, 0) is 0 Å². The van der Waals surface area contributed by atoms with Gasteiger partial charge in [-0.15, -0.1) is 12.4 Å². The molecule has 0 unspecified atom stereocenters. The van der Waals surface area contributed by atoms with E-state index in [2.05, 4.69) is 13.8 Å². The summed E-state index contributed by atoms with van der Waals surface area (Å²) in [5.41, 5.74) is 6.95. The standard InChI is InChI=1S/C11H16ClNO.ClH/c1-7(2)5-10(13)8-3-4-11(14)9(12)6-8;/h3-4,6-7,10,14H,5,13H2,1-2H3;1H/t10-;/m1./s1. The first-order chi connectivity index (χ1) is 6.50. The molecule has 0 saturated heterocycles. The molecule has 0 bridgehead atoms. The van der Waals surface area contributed by atoms with E-state index in [1.165, 1.54) is 0 Å². The van der Waals surface area contributed by atoms with Crippen LogP contribution >= 0.6 is 24.0 Å². The average Bonchev–Trinajstić information content (AvgIpc) is 2.08. The highest BCUT2D eigenvalue weighted by atomic mass is 35.5. The molecular weight excluding hydrogens is 233 g/mol. The molecule has 0 aliphatic rings. The Labute approximate surface area is 102 Å². The van der Waals surface area contributed by atoms with Crippen molar-refractivity contribution in [3.63, 3.8) is 0 Å². The lowest BCUT2D eigenvalue weighted by Gasteiger charge is -2.14. The van der Waals surface area contributed by atoms with E-state index in [1.54, 1.807) is 12.1 Å². The largest absolute Gasteiger partial charge is 0.506 e. The molecule has 2 nitrogen and oxygen atoms in total. The molecule has 4 heteroatoms. The molecular formula is C11H17Cl2NO. The van der Waals surface area contributed by atoms with Crippen molar-refractivity contribution in [3.8, 4) is 5.75 Å². The number of halogens is 2. The van der Waals surface area contributed by atoms with Crippen molar-refractivity contribution in [1.29, 1.82) is 0 Å². The van der Waals surface area contributed by atoms with Crippen LogP contribution in [0.4, 0.5) is 0 Å². The summed E-state index contributed by atoms with van der Waals surface area (Å²) in [5, 5.41) is 9.60. The van der Waals surface area contributed by atoms with Crippen molar-refractivity contribution in [1.82, 2.24) is 0 Å². The first kappa shape index (κ1) is 14.6. The van der Waals surface area contributed by atoms with Crippen molar-refractivity contribution in [2.45, 2.75) is 26.3 Å². The summed E-state index contributed by atoms with van der Waals surface area (Å²) >= 11 is 5.79. The zero-order valence-corrected chi connectivity index (χ0v) is 10.5. The summed E-state index contributed by atoms with van der Waals surface area (Å²) in [6.07, 6.45) is 0.918. The highest BCUT2D eigenvalue weighted by molar-refractivity contribution is 6.32. The Kier molecular flexibility index (Phi) is 6.03.